The summed E-state index contributed by atoms with van der Waals surface area (Å²) in [7, 11) is 1.58. The van der Waals surface area contributed by atoms with Crippen molar-refractivity contribution in [2.75, 3.05) is 14.2 Å². The van der Waals surface area contributed by atoms with Gasteiger partial charge in [0.05, 0.1) is 12.7 Å². The highest BCUT2D eigenvalue weighted by atomic mass is 16.5. The number of carbonyl (C=O) groups is 1. The molecule has 0 saturated heterocycles. The van der Waals surface area contributed by atoms with Gasteiger partial charge < -0.3 is 14.4 Å². The number of rotatable bonds is 3. The highest BCUT2D eigenvalue weighted by molar-refractivity contribution is 6.60. The van der Waals surface area contributed by atoms with Gasteiger partial charge in [-0.25, -0.2) is 4.79 Å². The van der Waals surface area contributed by atoms with E-state index < -0.39 is 13.1 Å². The van der Waals surface area contributed by atoms with Crippen LogP contribution in [0.1, 0.15) is 15.9 Å². The summed E-state index contributed by atoms with van der Waals surface area (Å²) in [5.41, 5.74) is 1.39. The van der Waals surface area contributed by atoms with Crippen LogP contribution in [0.25, 0.3) is 0 Å². The SMILES string of the molecule is COB(O)c1cncc(C(=O)OC)c1C. The molecule has 0 aliphatic rings. The van der Waals surface area contributed by atoms with E-state index >= 15 is 0 Å². The molecule has 1 N–H and O–H groups in total. The van der Waals surface area contributed by atoms with E-state index in [1.165, 1.54) is 26.6 Å². The fourth-order valence-corrected chi connectivity index (χ4v) is 1.23. The molecule has 1 aromatic rings. The average molecular weight is 209 g/mol. The third-order valence-electron chi connectivity index (χ3n) is 2.15. The van der Waals surface area contributed by atoms with Gasteiger partial charge in [-0.2, -0.15) is 0 Å². The summed E-state index contributed by atoms with van der Waals surface area (Å²) >= 11 is 0. The Morgan fingerprint density at radius 3 is 2.67 bits per heavy atom. The second-order valence-electron chi connectivity index (χ2n) is 2.98. The molecule has 15 heavy (non-hydrogen) atoms. The molecule has 0 unspecified atom stereocenters. The van der Waals surface area contributed by atoms with Gasteiger partial charge >= 0.3 is 13.1 Å². The number of aromatic nitrogens is 1. The molecule has 0 aliphatic carbocycles. The van der Waals surface area contributed by atoms with Gasteiger partial charge in [0.1, 0.15) is 0 Å². The molecule has 1 rings (SSSR count). The van der Waals surface area contributed by atoms with Crippen LogP contribution < -0.4 is 5.46 Å². The van der Waals surface area contributed by atoms with Crippen LogP contribution in [0.2, 0.25) is 0 Å². The Morgan fingerprint density at radius 1 is 1.47 bits per heavy atom. The molecule has 0 spiro atoms. The maximum absolute atomic E-state index is 11.3. The van der Waals surface area contributed by atoms with Crippen LogP contribution in [0.3, 0.4) is 0 Å². The summed E-state index contributed by atoms with van der Waals surface area (Å²) in [6, 6.07) is 0. The minimum Gasteiger partial charge on any atom is -0.465 e. The summed E-state index contributed by atoms with van der Waals surface area (Å²) in [5.74, 6) is -0.481. The molecule has 0 amide bonds. The van der Waals surface area contributed by atoms with Gasteiger partial charge in [0.25, 0.3) is 0 Å². The van der Waals surface area contributed by atoms with E-state index in [1.807, 2.05) is 0 Å². The Balaban J connectivity index is 3.16. The first-order chi connectivity index (χ1) is 7.11. The zero-order valence-electron chi connectivity index (χ0n) is 8.85. The fourth-order valence-electron chi connectivity index (χ4n) is 1.23. The molecular formula is C9H12BNO4. The molecule has 1 heterocycles. The van der Waals surface area contributed by atoms with Crippen molar-refractivity contribution in [3.8, 4) is 0 Å². The van der Waals surface area contributed by atoms with Crippen LogP contribution in [-0.2, 0) is 9.39 Å². The first kappa shape index (κ1) is 11.7. The third kappa shape index (κ3) is 2.34. The summed E-state index contributed by atoms with van der Waals surface area (Å²) in [5, 5.41) is 9.47. The molecular weight excluding hydrogens is 197 g/mol. The van der Waals surface area contributed by atoms with E-state index in [9.17, 15) is 9.82 Å². The van der Waals surface area contributed by atoms with E-state index in [0.717, 1.165) is 0 Å². The summed E-state index contributed by atoms with van der Waals surface area (Å²) in [6.07, 6.45) is 2.85. The van der Waals surface area contributed by atoms with Crippen LogP contribution in [0.5, 0.6) is 0 Å². The van der Waals surface area contributed by atoms with Gasteiger partial charge in [0, 0.05) is 25.0 Å². The van der Waals surface area contributed by atoms with E-state index in [2.05, 4.69) is 9.72 Å². The second-order valence-corrected chi connectivity index (χ2v) is 2.98. The predicted molar refractivity (Wildman–Crippen MR) is 54.9 cm³/mol. The van der Waals surface area contributed by atoms with Crippen molar-refractivity contribution in [3.05, 3.63) is 23.5 Å². The monoisotopic (exact) mass is 209 g/mol. The normalized spacial score (nSPS) is 9.87. The lowest BCUT2D eigenvalue weighted by Gasteiger charge is -2.09. The number of hydrogen-bond acceptors (Lipinski definition) is 5. The fraction of sp³-hybridized carbons (Fsp3) is 0.333. The lowest BCUT2D eigenvalue weighted by atomic mass is 9.77. The Hall–Kier alpha value is -1.40. The van der Waals surface area contributed by atoms with Gasteiger partial charge in [-0.05, 0) is 12.5 Å². The van der Waals surface area contributed by atoms with Gasteiger partial charge in [0.15, 0.2) is 0 Å². The van der Waals surface area contributed by atoms with Crippen molar-refractivity contribution in [3.63, 3.8) is 0 Å². The number of ether oxygens (including phenoxy) is 1. The lowest BCUT2D eigenvalue weighted by molar-refractivity contribution is 0.0599. The largest absolute Gasteiger partial charge is 0.492 e. The number of pyridine rings is 1. The van der Waals surface area contributed by atoms with Gasteiger partial charge in [-0.3, -0.25) is 4.98 Å². The van der Waals surface area contributed by atoms with Crippen LogP contribution in [0, 0.1) is 6.92 Å². The minimum absolute atomic E-state index is 0.325. The first-order valence-corrected chi connectivity index (χ1v) is 4.35. The molecule has 0 bridgehead atoms. The number of hydrogen-bond donors (Lipinski definition) is 1. The zero-order chi connectivity index (χ0) is 11.4. The van der Waals surface area contributed by atoms with Crippen LogP contribution in [-0.4, -0.2) is 37.3 Å². The molecule has 0 fully saturated rings. The molecule has 5 nitrogen and oxygen atoms in total. The van der Waals surface area contributed by atoms with Crippen LogP contribution in [0.15, 0.2) is 12.4 Å². The van der Waals surface area contributed by atoms with Crippen molar-refractivity contribution < 1.29 is 19.2 Å². The van der Waals surface area contributed by atoms with E-state index in [4.69, 9.17) is 4.65 Å². The molecule has 0 atom stereocenters. The quantitative estimate of drug-likeness (QED) is 0.537. The molecule has 80 valence electrons. The molecule has 6 heteroatoms. The Labute approximate surface area is 88.2 Å². The maximum Gasteiger partial charge on any atom is 0.492 e. The summed E-state index contributed by atoms with van der Waals surface area (Å²) in [4.78, 5) is 15.2. The topological polar surface area (TPSA) is 68.7 Å². The number of carbonyl (C=O) groups excluding carboxylic acids is 1. The van der Waals surface area contributed by atoms with E-state index in [1.54, 1.807) is 6.92 Å². The number of esters is 1. The summed E-state index contributed by atoms with van der Waals surface area (Å²) in [6.45, 7) is 1.70. The van der Waals surface area contributed by atoms with Crippen LogP contribution >= 0.6 is 0 Å². The molecule has 0 aromatic carbocycles. The first-order valence-electron chi connectivity index (χ1n) is 4.35. The van der Waals surface area contributed by atoms with Crippen LogP contribution in [0.4, 0.5) is 0 Å². The molecule has 0 aliphatic heterocycles. The lowest BCUT2D eigenvalue weighted by Crippen LogP contribution is -2.36. The van der Waals surface area contributed by atoms with Crippen molar-refractivity contribution in [1.29, 1.82) is 0 Å². The third-order valence-corrected chi connectivity index (χ3v) is 2.15. The Bertz CT molecular complexity index is 369. The molecule has 1 aromatic heterocycles. The number of nitrogens with zero attached hydrogens (tertiary/aromatic N) is 1. The highest BCUT2D eigenvalue weighted by Gasteiger charge is 2.21. The van der Waals surface area contributed by atoms with Crippen molar-refractivity contribution in [1.82, 2.24) is 4.98 Å². The molecule has 0 saturated carbocycles. The van der Waals surface area contributed by atoms with Gasteiger partial charge in [0.2, 0.25) is 0 Å². The minimum atomic E-state index is -1.08. The van der Waals surface area contributed by atoms with Gasteiger partial charge in [-0.15, -0.1) is 0 Å². The Morgan fingerprint density at radius 2 is 2.13 bits per heavy atom. The van der Waals surface area contributed by atoms with Crippen molar-refractivity contribution in [2.45, 2.75) is 6.92 Å². The zero-order valence-corrected chi connectivity index (χ0v) is 8.85. The predicted octanol–water partition coefficient (Wildman–Crippen LogP) is -0.489. The van der Waals surface area contributed by atoms with E-state index in [0.29, 0.717) is 16.6 Å². The Kier molecular flexibility index (Phi) is 3.82. The number of methoxy groups -OCH3 is 1. The highest BCUT2D eigenvalue weighted by Crippen LogP contribution is 2.05. The molecule has 0 radical (unpaired) electrons. The smallest absolute Gasteiger partial charge is 0.465 e. The maximum atomic E-state index is 11.3. The van der Waals surface area contributed by atoms with Gasteiger partial charge in [-0.1, -0.05) is 0 Å². The van der Waals surface area contributed by atoms with Crippen molar-refractivity contribution >= 4 is 18.6 Å². The average Bonchev–Trinajstić information content (AvgIpc) is 2.27. The van der Waals surface area contributed by atoms with E-state index in [-0.39, 0.29) is 0 Å². The van der Waals surface area contributed by atoms with Crippen molar-refractivity contribution in [2.24, 2.45) is 0 Å². The summed E-state index contributed by atoms with van der Waals surface area (Å²) < 4.78 is 9.33. The second kappa shape index (κ2) is 4.90. The standard InChI is InChI=1S/C9H12BNO4/c1-6-7(9(12)14-2)4-11-5-8(6)10(13)15-3/h4-5,13H,1-3H3.